The number of halogens is 1. The van der Waals surface area contributed by atoms with Gasteiger partial charge in [-0.2, -0.15) is 0 Å². The molecule has 0 radical (unpaired) electrons. The molecule has 0 aliphatic rings. The summed E-state index contributed by atoms with van der Waals surface area (Å²) in [4.78, 5) is 16.1. The van der Waals surface area contributed by atoms with Crippen LogP contribution < -0.4 is 5.32 Å². The van der Waals surface area contributed by atoms with E-state index in [1.54, 1.807) is 12.3 Å². The molecule has 1 heterocycles. The van der Waals surface area contributed by atoms with E-state index in [4.69, 9.17) is 0 Å². The Kier molecular flexibility index (Phi) is 4.30. The smallest absolute Gasteiger partial charge is 0.249 e. The van der Waals surface area contributed by atoms with E-state index in [-0.39, 0.29) is 5.91 Å². The Bertz CT molecular complexity index is 836. The highest BCUT2D eigenvalue weighted by Gasteiger charge is 2.00. The molecule has 1 amide bonds. The first kappa shape index (κ1) is 14.5. The van der Waals surface area contributed by atoms with Crippen molar-refractivity contribution in [1.82, 2.24) is 4.98 Å². The monoisotopic (exact) mass is 352 g/mol. The van der Waals surface area contributed by atoms with E-state index in [0.29, 0.717) is 5.82 Å². The number of pyridine rings is 1. The zero-order chi connectivity index (χ0) is 15.4. The number of hydrogen-bond donors (Lipinski definition) is 1. The lowest BCUT2D eigenvalue weighted by atomic mass is 10.0. The highest BCUT2D eigenvalue weighted by atomic mass is 79.9. The van der Waals surface area contributed by atoms with Gasteiger partial charge in [-0.05, 0) is 50.5 Å². The molecule has 1 aromatic heterocycles. The molecular formula is C18H13BrN2O. The van der Waals surface area contributed by atoms with Crippen molar-refractivity contribution in [3.05, 3.63) is 76.9 Å². The number of carbonyl (C=O) groups is 1. The predicted octanol–water partition coefficient (Wildman–Crippen LogP) is 4.65. The maximum absolute atomic E-state index is 12.0. The molecule has 0 aliphatic heterocycles. The van der Waals surface area contributed by atoms with Crippen LogP contribution in [0.3, 0.4) is 0 Å². The van der Waals surface area contributed by atoms with Gasteiger partial charge in [0.2, 0.25) is 5.91 Å². The lowest BCUT2D eigenvalue weighted by molar-refractivity contribution is -0.111. The minimum atomic E-state index is -0.206. The normalized spacial score (nSPS) is 11.0. The Morgan fingerprint density at radius 3 is 2.68 bits per heavy atom. The Hall–Kier alpha value is -2.46. The minimum Gasteiger partial charge on any atom is -0.307 e. The topological polar surface area (TPSA) is 42.0 Å². The van der Waals surface area contributed by atoms with Gasteiger partial charge in [0, 0.05) is 16.7 Å². The van der Waals surface area contributed by atoms with Crippen LogP contribution in [0.25, 0.3) is 16.8 Å². The summed E-state index contributed by atoms with van der Waals surface area (Å²) in [5.74, 6) is 0.318. The molecule has 0 saturated carbocycles. The first-order valence-electron chi connectivity index (χ1n) is 6.81. The fraction of sp³-hybridized carbons (Fsp3) is 0. The van der Waals surface area contributed by atoms with Crippen LogP contribution in [0.5, 0.6) is 0 Å². The summed E-state index contributed by atoms with van der Waals surface area (Å²) in [5.41, 5.74) is 1.01. The van der Waals surface area contributed by atoms with Gasteiger partial charge < -0.3 is 5.32 Å². The van der Waals surface area contributed by atoms with Crippen LogP contribution in [0.4, 0.5) is 5.82 Å². The Morgan fingerprint density at radius 2 is 1.86 bits per heavy atom. The van der Waals surface area contributed by atoms with Gasteiger partial charge in [-0.3, -0.25) is 4.79 Å². The van der Waals surface area contributed by atoms with Crippen molar-refractivity contribution in [2.45, 2.75) is 0 Å². The predicted molar refractivity (Wildman–Crippen MR) is 93.5 cm³/mol. The molecule has 4 heteroatoms. The van der Waals surface area contributed by atoms with Crippen LogP contribution in [0, 0.1) is 0 Å². The average molecular weight is 353 g/mol. The van der Waals surface area contributed by atoms with Crippen molar-refractivity contribution in [1.29, 1.82) is 0 Å². The number of rotatable bonds is 3. The summed E-state index contributed by atoms with van der Waals surface area (Å²) in [5, 5.41) is 5.00. The van der Waals surface area contributed by atoms with E-state index in [1.807, 2.05) is 42.5 Å². The molecule has 0 unspecified atom stereocenters. The maximum Gasteiger partial charge on any atom is 0.249 e. The molecule has 22 heavy (non-hydrogen) atoms. The first-order chi connectivity index (χ1) is 10.7. The van der Waals surface area contributed by atoms with E-state index < -0.39 is 0 Å². The van der Waals surface area contributed by atoms with Gasteiger partial charge in [-0.15, -0.1) is 0 Å². The molecule has 3 nitrogen and oxygen atoms in total. The lowest BCUT2D eigenvalue weighted by Gasteiger charge is -2.02. The van der Waals surface area contributed by atoms with Crippen molar-refractivity contribution in [2.24, 2.45) is 0 Å². The molecule has 0 saturated heterocycles. The Morgan fingerprint density at radius 1 is 1.05 bits per heavy atom. The number of nitrogens with zero attached hydrogens (tertiary/aromatic N) is 1. The van der Waals surface area contributed by atoms with Crippen LogP contribution >= 0.6 is 15.9 Å². The van der Waals surface area contributed by atoms with Gasteiger partial charge >= 0.3 is 0 Å². The highest BCUT2D eigenvalue weighted by molar-refractivity contribution is 9.10. The zero-order valence-corrected chi connectivity index (χ0v) is 13.2. The van der Waals surface area contributed by atoms with Gasteiger partial charge in [0.15, 0.2) is 0 Å². The summed E-state index contributed by atoms with van der Waals surface area (Å²) < 4.78 is 0.872. The number of anilines is 1. The number of aromatic nitrogens is 1. The Balaban J connectivity index is 1.78. The molecule has 3 rings (SSSR count). The van der Waals surface area contributed by atoms with Gasteiger partial charge in [-0.25, -0.2) is 4.98 Å². The molecule has 108 valence electrons. The largest absolute Gasteiger partial charge is 0.307 e. The highest BCUT2D eigenvalue weighted by Crippen LogP contribution is 2.19. The third-order valence-corrected chi connectivity index (χ3v) is 3.69. The number of fused-ring (bicyclic) bond motifs is 1. The molecule has 1 N–H and O–H groups in total. The van der Waals surface area contributed by atoms with Gasteiger partial charge in [0.05, 0.1) is 0 Å². The molecule has 0 atom stereocenters. The van der Waals surface area contributed by atoms with Gasteiger partial charge in [0.25, 0.3) is 0 Å². The van der Waals surface area contributed by atoms with Crippen molar-refractivity contribution < 1.29 is 4.79 Å². The van der Waals surface area contributed by atoms with Crippen molar-refractivity contribution >= 4 is 44.5 Å². The second kappa shape index (κ2) is 6.54. The van der Waals surface area contributed by atoms with Crippen LogP contribution in [0.2, 0.25) is 0 Å². The molecule has 3 aromatic rings. The standard InChI is InChI=1S/C18H13BrN2O/c19-15-9-10-17(20-12-15)21-18(22)11-8-14-6-3-5-13-4-1-2-7-16(13)14/h1-12H,(H,20,21,22)/b11-8+. The summed E-state index contributed by atoms with van der Waals surface area (Å²) in [6.07, 6.45) is 4.98. The number of amides is 1. The minimum absolute atomic E-state index is 0.206. The fourth-order valence-corrected chi connectivity index (χ4v) is 2.41. The van der Waals surface area contributed by atoms with Crippen molar-refractivity contribution in [3.8, 4) is 0 Å². The third-order valence-electron chi connectivity index (χ3n) is 3.22. The van der Waals surface area contributed by atoms with E-state index in [9.17, 15) is 4.79 Å². The lowest BCUT2D eigenvalue weighted by Crippen LogP contribution is -2.08. The van der Waals surface area contributed by atoms with Crippen molar-refractivity contribution in [2.75, 3.05) is 5.32 Å². The molecule has 2 aromatic carbocycles. The van der Waals surface area contributed by atoms with E-state index in [0.717, 1.165) is 20.8 Å². The molecular weight excluding hydrogens is 340 g/mol. The summed E-state index contributed by atoms with van der Waals surface area (Å²) >= 11 is 3.31. The van der Waals surface area contributed by atoms with Crippen LogP contribution in [-0.2, 0) is 4.79 Å². The second-order valence-corrected chi connectivity index (χ2v) is 5.67. The summed E-state index contributed by atoms with van der Waals surface area (Å²) in [6.45, 7) is 0. The third kappa shape index (κ3) is 3.40. The van der Waals surface area contributed by atoms with E-state index in [1.165, 1.54) is 6.08 Å². The van der Waals surface area contributed by atoms with Gasteiger partial charge in [0.1, 0.15) is 5.82 Å². The number of hydrogen-bond acceptors (Lipinski definition) is 2. The number of nitrogens with one attached hydrogen (secondary N) is 1. The van der Waals surface area contributed by atoms with E-state index >= 15 is 0 Å². The second-order valence-electron chi connectivity index (χ2n) is 4.75. The number of benzene rings is 2. The quantitative estimate of drug-likeness (QED) is 0.697. The van der Waals surface area contributed by atoms with Crippen LogP contribution in [0.15, 0.2) is 71.3 Å². The Labute approximate surface area is 136 Å². The zero-order valence-electron chi connectivity index (χ0n) is 11.7. The molecule has 0 fully saturated rings. The number of carbonyl (C=O) groups excluding carboxylic acids is 1. The summed E-state index contributed by atoms with van der Waals surface area (Å²) in [7, 11) is 0. The van der Waals surface area contributed by atoms with Crippen LogP contribution in [0.1, 0.15) is 5.56 Å². The van der Waals surface area contributed by atoms with E-state index in [2.05, 4.69) is 38.4 Å². The van der Waals surface area contributed by atoms with Gasteiger partial charge in [-0.1, -0.05) is 42.5 Å². The maximum atomic E-state index is 12.0. The van der Waals surface area contributed by atoms with Crippen LogP contribution in [-0.4, -0.2) is 10.9 Å². The molecule has 0 aliphatic carbocycles. The molecule has 0 bridgehead atoms. The SMILES string of the molecule is O=C(/C=C/c1cccc2ccccc12)Nc1ccc(Br)cn1. The summed E-state index contributed by atoms with van der Waals surface area (Å²) in [6, 6.07) is 17.7. The fourth-order valence-electron chi connectivity index (χ4n) is 2.18. The molecule has 0 spiro atoms. The average Bonchev–Trinajstić information content (AvgIpc) is 2.55. The van der Waals surface area contributed by atoms with Crippen molar-refractivity contribution in [3.63, 3.8) is 0 Å². The first-order valence-corrected chi connectivity index (χ1v) is 7.60.